The first-order valence-corrected chi connectivity index (χ1v) is 10.6. The molecule has 1 N–H and O–H groups in total. The van der Waals surface area contributed by atoms with Gasteiger partial charge in [0.1, 0.15) is 0 Å². The number of benzene rings is 1. The van der Waals surface area contributed by atoms with Crippen molar-refractivity contribution in [1.29, 1.82) is 0 Å². The zero-order chi connectivity index (χ0) is 20.8. The summed E-state index contributed by atoms with van der Waals surface area (Å²) in [6, 6.07) is 8.33. The molecular weight excluding hydrogens is 362 g/mol. The van der Waals surface area contributed by atoms with Gasteiger partial charge in [0.25, 0.3) is 0 Å². The molecule has 1 saturated heterocycles. The summed E-state index contributed by atoms with van der Waals surface area (Å²) in [4.78, 5) is 25.4. The fraction of sp³-hybridized carbons (Fsp3) is 0.522. The van der Waals surface area contributed by atoms with E-state index in [9.17, 15) is 4.79 Å². The molecule has 0 atom stereocenters. The molecule has 1 aromatic carbocycles. The number of amides is 1. The summed E-state index contributed by atoms with van der Waals surface area (Å²) in [7, 11) is 0. The Hall–Kier alpha value is -2.63. The maximum Gasteiger partial charge on any atom is 0.225 e. The predicted octanol–water partition coefficient (Wildman–Crippen LogP) is 3.87. The molecule has 2 aromatic rings. The van der Waals surface area contributed by atoms with Crippen molar-refractivity contribution in [2.24, 2.45) is 0 Å². The minimum atomic E-state index is 0.208. The third-order valence-electron chi connectivity index (χ3n) is 5.48. The van der Waals surface area contributed by atoms with E-state index in [1.54, 1.807) is 12.4 Å². The predicted molar refractivity (Wildman–Crippen MR) is 119 cm³/mol. The third-order valence-corrected chi connectivity index (χ3v) is 5.48. The molecule has 0 bridgehead atoms. The van der Waals surface area contributed by atoms with Gasteiger partial charge in [-0.1, -0.05) is 45.9 Å². The van der Waals surface area contributed by atoms with E-state index in [1.165, 1.54) is 16.8 Å². The van der Waals surface area contributed by atoms with E-state index in [0.29, 0.717) is 24.8 Å². The number of aromatic nitrogens is 2. The zero-order valence-corrected chi connectivity index (χ0v) is 18.1. The molecule has 0 saturated carbocycles. The van der Waals surface area contributed by atoms with Gasteiger partial charge in [-0.3, -0.25) is 4.79 Å². The van der Waals surface area contributed by atoms with Crippen LogP contribution in [0, 0.1) is 0 Å². The van der Waals surface area contributed by atoms with Crippen molar-refractivity contribution in [3.8, 4) is 0 Å². The van der Waals surface area contributed by atoms with Crippen LogP contribution in [0.2, 0.25) is 0 Å². The zero-order valence-electron chi connectivity index (χ0n) is 18.1. The molecule has 0 spiro atoms. The first-order chi connectivity index (χ1) is 14.0. The number of para-hydroxylation sites is 1. The molecule has 1 aromatic heterocycles. The van der Waals surface area contributed by atoms with Crippen LogP contribution in [0.15, 0.2) is 36.7 Å². The molecule has 0 aliphatic carbocycles. The van der Waals surface area contributed by atoms with E-state index < -0.39 is 0 Å². The molecule has 1 aliphatic rings. The van der Waals surface area contributed by atoms with Gasteiger partial charge in [0.2, 0.25) is 11.9 Å². The SMILES string of the molecule is CC(C)c1cccc(C(C)C)c1NCCC(=O)N1CCN(c2ncccn2)CC1. The topological polar surface area (TPSA) is 61.4 Å². The highest BCUT2D eigenvalue weighted by Crippen LogP contribution is 2.32. The van der Waals surface area contributed by atoms with Crippen molar-refractivity contribution < 1.29 is 4.79 Å². The molecule has 3 rings (SSSR count). The van der Waals surface area contributed by atoms with Crippen molar-refractivity contribution in [2.45, 2.75) is 46.0 Å². The van der Waals surface area contributed by atoms with Gasteiger partial charge in [-0.2, -0.15) is 0 Å². The van der Waals surface area contributed by atoms with Gasteiger partial charge in [-0.25, -0.2) is 9.97 Å². The van der Waals surface area contributed by atoms with Crippen LogP contribution >= 0.6 is 0 Å². The number of nitrogens with zero attached hydrogens (tertiary/aromatic N) is 4. The normalized spacial score (nSPS) is 14.6. The molecule has 6 heteroatoms. The highest BCUT2D eigenvalue weighted by molar-refractivity contribution is 5.77. The minimum Gasteiger partial charge on any atom is -0.384 e. The average Bonchev–Trinajstić information content (AvgIpc) is 2.74. The number of piperazine rings is 1. The smallest absolute Gasteiger partial charge is 0.225 e. The molecule has 0 radical (unpaired) electrons. The van der Waals surface area contributed by atoms with Crippen molar-refractivity contribution in [1.82, 2.24) is 14.9 Å². The van der Waals surface area contributed by atoms with Gasteiger partial charge in [0, 0.05) is 57.2 Å². The van der Waals surface area contributed by atoms with Crippen LogP contribution < -0.4 is 10.2 Å². The Morgan fingerprint density at radius 1 is 0.966 bits per heavy atom. The van der Waals surface area contributed by atoms with Crippen LogP contribution in [0.5, 0.6) is 0 Å². The number of nitrogens with one attached hydrogen (secondary N) is 1. The first-order valence-electron chi connectivity index (χ1n) is 10.6. The Labute approximate surface area is 174 Å². The highest BCUT2D eigenvalue weighted by Gasteiger charge is 2.22. The maximum atomic E-state index is 12.7. The molecule has 156 valence electrons. The van der Waals surface area contributed by atoms with Crippen LogP contribution in [-0.4, -0.2) is 53.5 Å². The summed E-state index contributed by atoms with van der Waals surface area (Å²) in [5.41, 5.74) is 3.84. The summed E-state index contributed by atoms with van der Waals surface area (Å²) in [6.45, 7) is 12.5. The van der Waals surface area contributed by atoms with Crippen LogP contribution in [0.4, 0.5) is 11.6 Å². The second-order valence-corrected chi connectivity index (χ2v) is 8.21. The maximum absolute atomic E-state index is 12.7. The van der Waals surface area contributed by atoms with Gasteiger partial charge in [-0.15, -0.1) is 0 Å². The van der Waals surface area contributed by atoms with E-state index >= 15 is 0 Å². The van der Waals surface area contributed by atoms with E-state index in [2.05, 4.69) is 66.1 Å². The lowest BCUT2D eigenvalue weighted by Gasteiger charge is -2.34. The Morgan fingerprint density at radius 2 is 1.55 bits per heavy atom. The number of carbonyl (C=O) groups excluding carboxylic acids is 1. The van der Waals surface area contributed by atoms with Gasteiger partial charge >= 0.3 is 0 Å². The number of anilines is 2. The van der Waals surface area contributed by atoms with Crippen LogP contribution in [0.25, 0.3) is 0 Å². The Morgan fingerprint density at radius 3 is 2.10 bits per heavy atom. The molecule has 1 amide bonds. The Kier molecular flexibility index (Phi) is 7.07. The van der Waals surface area contributed by atoms with Crippen LogP contribution in [-0.2, 0) is 4.79 Å². The van der Waals surface area contributed by atoms with Gasteiger partial charge in [0.05, 0.1) is 0 Å². The van der Waals surface area contributed by atoms with Crippen LogP contribution in [0.3, 0.4) is 0 Å². The average molecular weight is 396 g/mol. The number of carbonyl (C=O) groups is 1. The third kappa shape index (κ3) is 5.25. The van der Waals surface area contributed by atoms with Crippen molar-refractivity contribution in [3.63, 3.8) is 0 Å². The Bertz CT molecular complexity index is 772. The van der Waals surface area contributed by atoms with E-state index in [1.807, 2.05) is 11.0 Å². The molecule has 1 aliphatic heterocycles. The lowest BCUT2D eigenvalue weighted by molar-refractivity contribution is -0.131. The molecule has 29 heavy (non-hydrogen) atoms. The van der Waals surface area contributed by atoms with Crippen molar-refractivity contribution in [2.75, 3.05) is 42.9 Å². The second-order valence-electron chi connectivity index (χ2n) is 8.21. The molecule has 6 nitrogen and oxygen atoms in total. The van der Waals surface area contributed by atoms with Crippen molar-refractivity contribution >= 4 is 17.5 Å². The quantitative estimate of drug-likeness (QED) is 0.771. The molecular formula is C23H33N5O. The number of rotatable bonds is 7. The molecule has 0 unspecified atom stereocenters. The minimum absolute atomic E-state index is 0.208. The van der Waals surface area contributed by atoms with E-state index in [4.69, 9.17) is 0 Å². The summed E-state index contributed by atoms with van der Waals surface area (Å²) in [5, 5.41) is 3.57. The van der Waals surface area contributed by atoms with Crippen LogP contribution in [0.1, 0.15) is 57.1 Å². The molecule has 2 heterocycles. The molecule has 1 fully saturated rings. The fourth-order valence-corrected chi connectivity index (χ4v) is 3.82. The van der Waals surface area contributed by atoms with Gasteiger partial charge in [-0.05, 0) is 29.0 Å². The van der Waals surface area contributed by atoms with Gasteiger partial charge < -0.3 is 15.1 Å². The number of hydrogen-bond acceptors (Lipinski definition) is 5. The second kappa shape index (κ2) is 9.72. The highest BCUT2D eigenvalue weighted by atomic mass is 16.2. The van der Waals surface area contributed by atoms with Gasteiger partial charge in [0.15, 0.2) is 0 Å². The largest absolute Gasteiger partial charge is 0.384 e. The first kappa shape index (κ1) is 21.1. The Balaban J connectivity index is 1.53. The lowest BCUT2D eigenvalue weighted by atomic mass is 9.92. The summed E-state index contributed by atoms with van der Waals surface area (Å²) >= 11 is 0. The van der Waals surface area contributed by atoms with E-state index in [-0.39, 0.29) is 5.91 Å². The summed E-state index contributed by atoms with van der Waals surface area (Å²) < 4.78 is 0. The monoisotopic (exact) mass is 395 g/mol. The lowest BCUT2D eigenvalue weighted by Crippen LogP contribution is -2.49. The van der Waals surface area contributed by atoms with E-state index in [0.717, 1.165) is 32.1 Å². The van der Waals surface area contributed by atoms with Crippen molar-refractivity contribution in [3.05, 3.63) is 47.8 Å². The summed E-state index contributed by atoms with van der Waals surface area (Å²) in [6.07, 6.45) is 4.02. The number of hydrogen-bond donors (Lipinski definition) is 1. The standard InChI is InChI=1S/C23H33N5O/c1-17(2)19-7-5-8-20(18(3)4)22(19)24-12-9-21(29)27-13-15-28(16-14-27)23-25-10-6-11-26-23/h5-8,10-11,17-18,24H,9,12-16H2,1-4H3. The fourth-order valence-electron chi connectivity index (χ4n) is 3.82. The summed E-state index contributed by atoms with van der Waals surface area (Å²) in [5.74, 6) is 1.84.